The van der Waals surface area contributed by atoms with Crippen LogP contribution in [0.5, 0.6) is 0 Å². The molecule has 0 fully saturated rings. The minimum Gasteiger partial charge on any atom is -0.384 e. The van der Waals surface area contributed by atoms with E-state index in [0.29, 0.717) is 46.0 Å². The van der Waals surface area contributed by atoms with Gasteiger partial charge in [0.2, 0.25) is 0 Å². The van der Waals surface area contributed by atoms with Crippen LogP contribution in [-0.2, 0) is 0 Å². The molecule has 26 heteroatoms. The lowest BCUT2D eigenvalue weighted by Crippen LogP contribution is -1.95. The normalized spacial score (nSPS) is 9.83. The van der Waals surface area contributed by atoms with Crippen molar-refractivity contribution in [3.63, 3.8) is 0 Å². The number of nitrogens with two attached hydrogens (primary N) is 8. The Kier molecular flexibility index (Phi) is 31.6. The Balaban J connectivity index is 0. The fourth-order valence-electron chi connectivity index (χ4n) is 4.70. The monoisotopic (exact) mass is 1060 g/mol. The smallest absolute Gasteiger partial charge is 0.153 e. The van der Waals surface area contributed by atoms with Crippen LogP contribution in [0.4, 0.5) is 92.0 Å². The van der Waals surface area contributed by atoms with Crippen LogP contribution < -0.4 is 45.9 Å². The lowest BCUT2D eigenvalue weighted by molar-refractivity contribution is 1.21. The molecule has 0 aliphatic heterocycles. The van der Waals surface area contributed by atoms with Crippen LogP contribution >= 0.6 is 76.6 Å². The van der Waals surface area contributed by atoms with Crippen molar-refractivity contribution in [2.75, 3.05) is 45.9 Å². The molecule has 20 nitrogen and oxygen atoms in total. The third-order valence-electron chi connectivity index (χ3n) is 7.81. The molecule has 0 amide bonds. The van der Waals surface area contributed by atoms with Crippen molar-refractivity contribution in [3.8, 4) is 0 Å². The second-order valence-corrected chi connectivity index (χ2v) is 12.7. The van der Waals surface area contributed by atoms with Gasteiger partial charge >= 0.3 is 0 Å². The summed E-state index contributed by atoms with van der Waals surface area (Å²) in [5.74, 6) is 2.60. The van der Waals surface area contributed by atoms with Crippen LogP contribution in [0.15, 0.2) is 211 Å². The number of halogens is 4. The molecule has 8 rings (SSSR count). The Labute approximate surface area is 442 Å². The number of rotatable bonds is 8. The summed E-state index contributed by atoms with van der Waals surface area (Å²) in [5.41, 5.74) is 49.5. The minimum absolute atomic E-state index is 0. The van der Waals surface area contributed by atoms with Crippen molar-refractivity contribution in [1.29, 1.82) is 0 Å². The number of nitrogen functional groups attached to an aromatic ring is 8. The lowest BCUT2D eigenvalue weighted by Gasteiger charge is -1.98. The zero-order chi connectivity index (χ0) is 45.5. The van der Waals surface area contributed by atoms with Crippen molar-refractivity contribution in [2.24, 2.45) is 40.9 Å². The molecule has 16 N–H and O–H groups in total. The topological polar surface area (TPSA) is 359 Å². The predicted octanol–water partition coefficient (Wildman–Crippen LogP) is 12.6. The van der Waals surface area contributed by atoms with Crippen LogP contribution in [0.2, 0.25) is 0 Å². The van der Waals surface area contributed by atoms with Crippen molar-refractivity contribution < 1.29 is 0 Å². The average molecular weight is 1070 g/mol. The second kappa shape index (κ2) is 34.4. The number of benzene rings is 4. The maximum atomic E-state index is 5.64. The van der Waals surface area contributed by atoms with Gasteiger partial charge in [-0.1, -0.05) is 72.8 Å². The van der Waals surface area contributed by atoms with E-state index < -0.39 is 0 Å². The molecule has 0 unspecified atom stereocenters. The fraction of sp³-hybridized carbons (Fsp3) is 0. The van der Waals surface area contributed by atoms with E-state index in [1.54, 1.807) is 48.5 Å². The molecule has 4 heterocycles. The molecule has 0 aliphatic carbocycles. The largest absolute Gasteiger partial charge is 0.384 e. The van der Waals surface area contributed by atoms with E-state index in [1.165, 1.54) is 0 Å². The Morgan fingerprint density at radius 1 is 0.229 bits per heavy atom. The zero-order valence-corrected chi connectivity index (χ0v) is 42.1. The van der Waals surface area contributed by atoms with Gasteiger partial charge in [0.15, 0.2) is 23.3 Å². The molecule has 0 saturated heterocycles. The van der Waals surface area contributed by atoms with E-state index in [2.05, 4.69) is 60.8 Å². The van der Waals surface area contributed by atoms with Crippen LogP contribution in [0, 0.1) is 0 Å². The maximum Gasteiger partial charge on any atom is 0.153 e. The summed E-state index contributed by atoms with van der Waals surface area (Å²) < 4.78 is 0. The highest BCUT2D eigenvalue weighted by Crippen LogP contribution is 2.27. The van der Waals surface area contributed by atoms with Crippen LogP contribution in [0.3, 0.4) is 0 Å². The van der Waals surface area contributed by atoms with Gasteiger partial charge in [0, 0.05) is 0 Å². The summed E-state index contributed by atoms with van der Waals surface area (Å²) in [4.78, 5) is 15.6. The second-order valence-electron chi connectivity index (χ2n) is 12.7. The van der Waals surface area contributed by atoms with Gasteiger partial charge in [-0.3, -0.25) is 0 Å². The van der Waals surface area contributed by atoms with E-state index in [9.17, 15) is 0 Å². The molecule has 368 valence electrons. The van der Waals surface area contributed by atoms with Crippen molar-refractivity contribution in [1.82, 2.24) is 19.9 Å². The van der Waals surface area contributed by atoms with Crippen LogP contribution in [-0.4, -0.2) is 19.9 Å². The summed E-state index contributed by atoms with van der Waals surface area (Å²) in [6.07, 6.45) is 0. The molecule has 0 saturated carbocycles. The highest BCUT2D eigenvalue weighted by Gasteiger charge is 2.02. The van der Waals surface area contributed by atoms with Gasteiger partial charge in [0.05, 0.1) is 22.7 Å². The predicted molar refractivity (Wildman–Crippen MR) is 304 cm³/mol. The summed E-state index contributed by atoms with van der Waals surface area (Å²) in [6, 6.07) is 50.9. The summed E-state index contributed by atoms with van der Waals surface area (Å²) in [7, 11) is 0. The third kappa shape index (κ3) is 22.8. The molecule has 4 aromatic heterocycles. The van der Waals surface area contributed by atoms with Gasteiger partial charge in [-0.25, -0.2) is 19.9 Å². The van der Waals surface area contributed by atoms with Gasteiger partial charge in [0.1, 0.15) is 46.0 Å². The average Bonchev–Trinajstić information content (AvgIpc) is 3.30. The van der Waals surface area contributed by atoms with Crippen molar-refractivity contribution >= 4 is 169 Å². The Hall–Kier alpha value is -7.86. The number of hydrogen-bond acceptors (Lipinski definition) is 20. The standard InChI is InChI=1S/4C11H11N5.4ClH.2H2S/c4*12-10-7-6-9(11(13)14-10)16-15-8-4-2-1-3-5-8;;;;;;/h4*1-7H,(H4,12,13,14);4*1H;2*1H2/b4*16-15+;;;;;;. The number of hydrogen-bond donors (Lipinski definition) is 8. The lowest BCUT2D eigenvalue weighted by atomic mass is 10.3. The summed E-state index contributed by atoms with van der Waals surface area (Å²) in [6.45, 7) is 0. The molecule has 8 aromatic rings. The highest BCUT2D eigenvalue weighted by molar-refractivity contribution is 7.59. The quantitative estimate of drug-likeness (QED) is 0.0658. The van der Waals surface area contributed by atoms with E-state index >= 15 is 0 Å². The highest BCUT2D eigenvalue weighted by atomic mass is 35.5. The molecule has 0 atom stereocenters. The summed E-state index contributed by atoms with van der Waals surface area (Å²) >= 11 is 0. The molecule has 0 radical (unpaired) electrons. The molecule has 4 aromatic carbocycles. The van der Waals surface area contributed by atoms with Gasteiger partial charge in [-0.05, 0) is 97.1 Å². The van der Waals surface area contributed by atoms with Crippen molar-refractivity contribution in [2.45, 2.75) is 0 Å². The number of aromatic nitrogens is 4. The molecular weight excluding hydrogens is 1010 g/mol. The first-order valence-corrected chi connectivity index (χ1v) is 19.0. The van der Waals surface area contributed by atoms with E-state index in [0.717, 1.165) is 22.7 Å². The number of anilines is 8. The maximum absolute atomic E-state index is 5.64. The van der Waals surface area contributed by atoms with E-state index in [4.69, 9.17) is 45.9 Å². The summed E-state index contributed by atoms with van der Waals surface area (Å²) in [5, 5.41) is 32.1. The Bertz CT molecular complexity index is 2450. The third-order valence-corrected chi connectivity index (χ3v) is 7.81. The SMILES string of the molecule is Cl.Cl.Cl.Cl.Nc1ccc(/N=N/c2ccccc2)c(N)n1.Nc1ccc(/N=N/c2ccccc2)c(N)n1.Nc1ccc(/N=N/c2ccccc2)c(N)n1.Nc1ccc(/N=N/c2ccccc2)c(N)n1.S.S. The van der Waals surface area contributed by atoms with Crippen LogP contribution in [0.25, 0.3) is 0 Å². The zero-order valence-electron chi connectivity index (χ0n) is 36.8. The fourth-order valence-corrected chi connectivity index (χ4v) is 4.70. The Morgan fingerprint density at radius 3 is 0.557 bits per heavy atom. The molecular formula is C44H52Cl4N20S2. The van der Waals surface area contributed by atoms with Gasteiger partial charge < -0.3 is 45.9 Å². The minimum atomic E-state index is 0. The Morgan fingerprint density at radius 2 is 0.400 bits per heavy atom. The molecule has 70 heavy (non-hydrogen) atoms. The van der Waals surface area contributed by atoms with Crippen molar-refractivity contribution in [3.05, 3.63) is 170 Å². The number of nitrogens with zero attached hydrogens (tertiary/aromatic N) is 12. The molecule has 0 aliphatic rings. The molecule has 0 bridgehead atoms. The number of pyridine rings is 4. The first-order chi connectivity index (χ1) is 31.0. The molecule has 0 spiro atoms. The van der Waals surface area contributed by atoms with Gasteiger partial charge in [-0.2, -0.15) is 47.4 Å². The van der Waals surface area contributed by atoms with Crippen LogP contribution in [0.1, 0.15) is 0 Å². The van der Waals surface area contributed by atoms with E-state index in [-0.39, 0.29) is 99.9 Å². The van der Waals surface area contributed by atoms with Gasteiger partial charge in [-0.15, -0.1) is 70.1 Å². The van der Waals surface area contributed by atoms with E-state index in [1.807, 2.05) is 121 Å². The van der Waals surface area contributed by atoms with Gasteiger partial charge in [0.25, 0.3) is 0 Å². The first-order valence-electron chi connectivity index (χ1n) is 19.0. The number of azo groups is 4. The first kappa shape index (κ1) is 64.2.